The van der Waals surface area contributed by atoms with Crippen LogP contribution in [0.5, 0.6) is 0 Å². The van der Waals surface area contributed by atoms with E-state index >= 15 is 0 Å². The van der Waals surface area contributed by atoms with Gasteiger partial charge in [0.15, 0.2) is 0 Å². The quantitative estimate of drug-likeness (QED) is 0.702. The minimum absolute atomic E-state index is 0.0917. The molecular weight excluding hydrogens is 471 g/mol. The van der Waals surface area contributed by atoms with Crippen LogP contribution >= 0.6 is 0 Å². The summed E-state index contributed by atoms with van der Waals surface area (Å²) >= 11 is 0. The SMILES string of the molecule is CC(=O)N1CCc2cc(S(=O)(=O)N3CCC(C(=O)Nc4ccc(C(F)(F)F)cc4)CC3)ccc21. The van der Waals surface area contributed by atoms with Gasteiger partial charge >= 0.3 is 6.18 Å². The second-order valence-corrected chi connectivity index (χ2v) is 10.4. The third kappa shape index (κ3) is 4.80. The van der Waals surface area contributed by atoms with Crippen molar-refractivity contribution in [2.45, 2.75) is 37.3 Å². The number of hydrogen-bond acceptors (Lipinski definition) is 4. The van der Waals surface area contributed by atoms with Crippen LogP contribution in [0.3, 0.4) is 0 Å². The minimum Gasteiger partial charge on any atom is -0.326 e. The molecule has 2 aliphatic rings. The van der Waals surface area contributed by atoms with Crippen LogP contribution in [-0.4, -0.2) is 44.2 Å². The molecule has 2 aliphatic heterocycles. The zero-order chi connectivity index (χ0) is 24.7. The number of hydrogen-bond donors (Lipinski definition) is 1. The van der Waals surface area contributed by atoms with E-state index in [-0.39, 0.29) is 35.5 Å². The molecule has 0 unspecified atom stereocenters. The minimum atomic E-state index is -4.45. The smallest absolute Gasteiger partial charge is 0.326 e. The number of fused-ring (bicyclic) bond motifs is 1. The van der Waals surface area contributed by atoms with E-state index in [1.54, 1.807) is 17.0 Å². The van der Waals surface area contributed by atoms with E-state index in [2.05, 4.69) is 5.32 Å². The Morgan fingerprint density at radius 3 is 2.24 bits per heavy atom. The van der Waals surface area contributed by atoms with Crippen molar-refractivity contribution in [3.63, 3.8) is 0 Å². The summed E-state index contributed by atoms with van der Waals surface area (Å²) in [5, 5.41) is 2.61. The van der Waals surface area contributed by atoms with Gasteiger partial charge in [-0.05, 0) is 67.3 Å². The molecule has 0 radical (unpaired) electrons. The molecular formula is C23H24F3N3O4S. The number of amides is 2. The second kappa shape index (κ2) is 9.03. The Bertz CT molecular complexity index is 1200. The van der Waals surface area contributed by atoms with Crippen LogP contribution < -0.4 is 10.2 Å². The fraction of sp³-hybridized carbons (Fsp3) is 0.391. The number of benzene rings is 2. The van der Waals surface area contributed by atoms with Gasteiger partial charge in [0.25, 0.3) is 0 Å². The van der Waals surface area contributed by atoms with Gasteiger partial charge in [0.05, 0.1) is 10.5 Å². The molecule has 0 aliphatic carbocycles. The summed E-state index contributed by atoms with van der Waals surface area (Å²) in [7, 11) is -3.76. The highest BCUT2D eigenvalue weighted by Crippen LogP contribution is 2.33. The number of nitrogens with one attached hydrogen (secondary N) is 1. The van der Waals surface area contributed by atoms with Crippen LogP contribution in [0.15, 0.2) is 47.4 Å². The molecule has 4 rings (SSSR count). The first kappa shape index (κ1) is 24.2. The summed E-state index contributed by atoms with van der Waals surface area (Å²) < 4.78 is 65.7. The van der Waals surface area contributed by atoms with Gasteiger partial charge in [-0.2, -0.15) is 17.5 Å². The number of carbonyl (C=O) groups is 2. The van der Waals surface area contributed by atoms with Crippen molar-refractivity contribution < 1.29 is 31.2 Å². The fourth-order valence-corrected chi connectivity index (χ4v) is 5.88. The molecule has 2 aromatic carbocycles. The van der Waals surface area contributed by atoms with E-state index in [4.69, 9.17) is 0 Å². The molecule has 1 N–H and O–H groups in total. The number of halogens is 3. The Balaban J connectivity index is 1.37. The molecule has 34 heavy (non-hydrogen) atoms. The molecule has 7 nitrogen and oxygen atoms in total. The Kier molecular flexibility index (Phi) is 6.43. The van der Waals surface area contributed by atoms with Crippen molar-refractivity contribution in [3.05, 3.63) is 53.6 Å². The number of nitrogens with zero attached hydrogens (tertiary/aromatic N) is 2. The maximum atomic E-state index is 13.1. The van der Waals surface area contributed by atoms with Crippen molar-refractivity contribution in [1.29, 1.82) is 0 Å². The fourth-order valence-electron chi connectivity index (χ4n) is 4.36. The topological polar surface area (TPSA) is 86.8 Å². The number of piperidine rings is 1. The average Bonchev–Trinajstić information content (AvgIpc) is 3.22. The predicted octanol–water partition coefficient (Wildman–Crippen LogP) is 3.65. The van der Waals surface area contributed by atoms with Gasteiger partial charge in [0.1, 0.15) is 0 Å². The van der Waals surface area contributed by atoms with E-state index in [1.807, 2.05) is 0 Å². The van der Waals surface area contributed by atoms with Gasteiger partial charge in [-0.3, -0.25) is 9.59 Å². The largest absolute Gasteiger partial charge is 0.416 e. The lowest BCUT2D eigenvalue weighted by atomic mass is 9.97. The molecule has 0 spiro atoms. The zero-order valence-corrected chi connectivity index (χ0v) is 19.2. The standard InChI is InChI=1S/C23H24F3N3O4S/c1-15(30)29-13-10-17-14-20(6-7-21(17)29)34(32,33)28-11-8-16(9-12-28)22(31)27-19-4-2-18(3-5-19)23(24,25)26/h2-7,14,16H,8-13H2,1H3,(H,27,31). The van der Waals surface area contributed by atoms with E-state index in [0.29, 0.717) is 25.8 Å². The number of rotatable bonds is 4. The van der Waals surface area contributed by atoms with Crippen molar-refractivity contribution in [3.8, 4) is 0 Å². The van der Waals surface area contributed by atoms with Gasteiger partial charge in [-0.15, -0.1) is 0 Å². The van der Waals surface area contributed by atoms with E-state index in [9.17, 15) is 31.2 Å². The molecule has 0 atom stereocenters. The van der Waals surface area contributed by atoms with Crippen molar-refractivity contribution in [2.24, 2.45) is 5.92 Å². The summed E-state index contributed by atoms with van der Waals surface area (Å²) in [6, 6.07) is 8.95. The van der Waals surface area contributed by atoms with Crippen LogP contribution in [0.25, 0.3) is 0 Å². The van der Waals surface area contributed by atoms with Gasteiger partial charge in [-0.1, -0.05) is 0 Å². The summed E-state index contributed by atoms with van der Waals surface area (Å²) in [6.45, 7) is 2.30. The van der Waals surface area contributed by atoms with E-state index in [0.717, 1.165) is 23.4 Å². The van der Waals surface area contributed by atoms with Crippen LogP contribution in [-0.2, 0) is 32.2 Å². The molecule has 0 saturated carbocycles. The second-order valence-electron chi connectivity index (χ2n) is 8.45. The Morgan fingerprint density at radius 2 is 1.65 bits per heavy atom. The van der Waals surface area contributed by atoms with Crippen molar-refractivity contribution in [1.82, 2.24) is 4.31 Å². The van der Waals surface area contributed by atoms with Gasteiger partial charge < -0.3 is 10.2 Å². The molecule has 0 bridgehead atoms. The number of carbonyl (C=O) groups excluding carboxylic acids is 2. The lowest BCUT2D eigenvalue weighted by Gasteiger charge is -2.30. The lowest BCUT2D eigenvalue weighted by Crippen LogP contribution is -2.41. The third-order valence-corrected chi connectivity index (χ3v) is 8.16. The Labute approximate surface area is 195 Å². The molecule has 1 saturated heterocycles. The number of sulfonamides is 1. The summed E-state index contributed by atoms with van der Waals surface area (Å²) in [5.41, 5.74) is 0.988. The Hall–Kier alpha value is -2.92. The number of alkyl halides is 3. The predicted molar refractivity (Wildman–Crippen MR) is 120 cm³/mol. The average molecular weight is 496 g/mol. The molecule has 2 heterocycles. The van der Waals surface area contributed by atoms with E-state index in [1.165, 1.54) is 29.4 Å². The van der Waals surface area contributed by atoms with Crippen molar-refractivity contribution in [2.75, 3.05) is 29.9 Å². The van der Waals surface area contributed by atoms with Crippen LogP contribution in [0.4, 0.5) is 24.5 Å². The Morgan fingerprint density at radius 1 is 1.00 bits per heavy atom. The highest BCUT2D eigenvalue weighted by molar-refractivity contribution is 7.89. The first-order chi connectivity index (χ1) is 16.0. The van der Waals surface area contributed by atoms with Crippen LogP contribution in [0, 0.1) is 5.92 Å². The van der Waals surface area contributed by atoms with Crippen molar-refractivity contribution >= 4 is 33.2 Å². The molecule has 2 aromatic rings. The molecule has 182 valence electrons. The zero-order valence-electron chi connectivity index (χ0n) is 18.4. The molecule has 2 amide bonds. The first-order valence-corrected chi connectivity index (χ1v) is 12.3. The van der Waals surface area contributed by atoms with E-state index < -0.39 is 27.7 Å². The van der Waals surface area contributed by atoms with Crippen LogP contribution in [0.1, 0.15) is 30.9 Å². The molecule has 11 heteroatoms. The monoisotopic (exact) mass is 495 g/mol. The number of anilines is 2. The normalized spacial score (nSPS) is 17.5. The summed E-state index contributed by atoms with van der Waals surface area (Å²) in [4.78, 5) is 26.0. The van der Waals surface area contributed by atoms with Gasteiger partial charge in [-0.25, -0.2) is 8.42 Å². The maximum Gasteiger partial charge on any atom is 0.416 e. The van der Waals surface area contributed by atoms with Crippen LogP contribution in [0.2, 0.25) is 0 Å². The third-order valence-electron chi connectivity index (χ3n) is 6.27. The lowest BCUT2D eigenvalue weighted by molar-refractivity contribution is -0.137. The molecule has 1 fully saturated rings. The first-order valence-electron chi connectivity index (χ1n) is 10.9. The van der Waals surface area contributed by atoms with Gasteiger partial charge in [0, 0.05) is 43.9 Å². The molecule has 0 aromatic heterocycles. The highest BCUT2D eigenvalue weighted by atomic mass is 32.2. The summed E-state index contributed by atoms with van der Waals surface area (Å²) in [5.74, 6) is -0.887. The summed E-state index contributed by atoms with van der Waals surface area (Å²) in [6.07, 6.45) is -3.26. The maximum absolute atomic E-state index is 13.1. The van der Waals surface area contributed by atoms with Gasteiger partial charge in [0.2, 0.25) is 21.8 Å². The highest BCUT2D eigenvalue weighted by Gasteiger charge is 2.34.